The van der Waals surface area contributed by atoms with Gasteiger partial charge >= 0.3 is 0 Å². The number of carbonyl (C=O) groups is 1. The Morgan fingerprint density at radius 2 is 1.69 bits per heavy atom. The van der Waals surface area contributed by atoms with Gasteiger partial charge in [0.25, 0.3) is 0 Å². The number of nitrogens with one attached hydrogen (secondary N) is 1. The average molecular weight is 483 g/mol. The van der Waals surface area contributed by atoms with Crippen molar-refractivity contribution in [3.05, 3.63) is 48.0 Å². The standard InChI is InChI=1S/C21H26N2O7S2/c1-15(16-6-9-18(10-7-16)31(2,25)26)22-21(24)5-4-12-23(32(3,27)28)17-8-11-19-20(13-17)30-14-29-19/h6-11,13,15H,4-5,12,14H2,1-3H3,(H,22,24)/t15-/m0/s1. The minimum absolute atomic E-state index is 0.0903. The van der Waals surface area contributed by atoms with Gasteiger partial charge in [0.15, 0.2) is 21.3 Å². The van der Waals surface area contributed by atoms with Crippen molar-refractivity contribution in [2.75, 3.05) is 30.2 Å². The Labute approximate surface area is 188 Å². The van der Waals surface area contributed by atoms with E-state index in [0.717, 1.165) is 18.1 Å². The van der Waals surface area contributed by atoms with E-state index < -0.39 is 19.9 Å². The van der Waals surface area contributed by atoms with Crippen LogP contribution in [0.1, 0.15) is 31.4 Å². The fraction of sp³-hybridized carbons (Fsp3) is 0.381. The molecular weight excluding hydrogens is 456 g/mol. The largest absolute Gasteiger partial charge is 0.454 e. The number of carbonyl (C=O) groups excluding carboxylic acids is 1. The Kier molecular flexibility index (Phi) is 6.99. The summed E-state index contributed by atoms with van der Waals surface area (Å²) in [5.41, 5.74) is 1.21. The number of sulfonamides is 1. The van der Waals surface area contributed by atoms with E-state index in [0.29, 0.717) is 23.6 Å². The fourth-order valence-corrected chi connectivity index (χ4v) is 4.90. The first-order valence-electron chi connectivity index (χ1n) is 9.92. The van der Waals surface area contributed by atoms with Crippen molar-refractivity contribution in [3.63, 3.8) is 0 Å². The second-order valence-electron chi connectivity index (χ2n) is 7.61. The highest BCUT2D eigenvalue weighted by atomic mass is 32.2. The van der Waals surface area contributed by atoms with Crippen molar-refractivity contribution < 1.29 is 31.1 Å². The molecule has 32 heavy (non-hydrogen) atoms. The minimum atomic E-state index is -3.56. The summed E-state index contributed by atoms with van der Waals surface area (Å²) < 4.78 is 59.5. The molecule has 3 rings (SSSR count). The number of hydrogen-bond donors (Lipinski definition) is 1. The maximum atomic E-state index is 12.4. The van der Waals surface area contributed by atoms with Crippen LogP contribution in [0.3, 0.4) is 0 Å². The molecule has 0 aliphatic carbocycles. The lowest BCUT2D eigenvalue weighted by Crippen LogP contribution is -2.32. The number of benzene rings is 2. The third kappa shape index (κ3) is 5.92. The lowest BCUT2D eigenvalue weighted by Gasteiger charge is -2.23. The van der Waals surface area contributed by atoms with E-state index in [2.05, 4.69) is 5.32 Å². The van der Waals surface area contributed by atoms with Crippen molar-refractivity contribution in [1.82, 2.24) is 5.32 Å². The van der Waals surface area contributed by atoms with Crippen LogP contribution in [-0.4, -0.2) is 48.6 Å². The van der Waals surface area contributed by atoms with Gasteiger partial charge < -0.3 is 14.8 Å². The molecule has 0 saturated carbocycles. The maximum Gasteiger partial charge on any atom is 0.232 e. The van der Waals surface area contributed by atoms with Gasteiger partial charge in [0.05, 0.1) is 22.9 Å². The molecule has 0 bridgehead atoms. The summed E-state index contributed by atoms with van der Waals surface area (Å²) in [6.07, 6.45) is 2.69. The van der Waals surface area contributed by atoms with E-state index in [1.807, 2.05) is 0 Å². The van der Waals surface area contributed by atoms with Gasteiger partial charge in [-0.05, 0) is 43.2 Å². The van der Waals surface area contributed by atoms with Crippen molar-refractivity contribution in [2.24, 2.45) is 0 Å². The molecule has 1 aliphatic heterocycles. The van der Waals surface area contributed by atoms with Gasteiger partial charge in [0.2, 0.25) is 22.7 Å². The van der Waals surface area contributed by atoms with Gasteiger partial charge in [0.1, 0.15) is 0 Å². The van der Waals surface area contributed by atoms with E-state index in [4.69, 9.17) is 9.47 Å². The van der Waals surface area contributed by atoms with Crippen molar-refractivity contribution >= 4 is 31.5 Å². The lowest BCUT2D eigenvalue weighted by molar-refractivity contribution is -0.121. The van der Waals surface area contributed by atoms with Crippen LogP contribution >= 0.6 is 0 Å². The number of nitrogens with zero attached hydrogens (tertiary/aromatic N) is 1. The van der Waals surface area contributed by atoms with Gasteiger partial charge in [-0.3, -0.25) is 9.10 Å². The lowest BCUT2D eigenvalue weighted by atomic mass is 10.1. The molecule has 11 heteroatoms. The predicted octanol–water partition coefficient (Wildman–Crippen LogP) is 2.24. The van der Waals surface area contributed by atoms with Crippen molar-refractivity contribution in [2.45, 2.75) is 30.7 Å². The Morgan fingerprint density at radius 3 is 2.31 bits per heavy atom. The topological polar surface area (TPSA) is 119 Å². The first-order valence-corrected chi connectivity index (χ1v) is 13.7. The van der Waals surface area contributed by atoms with Crippen LogP contribution in [0.4, 0.5) is 5.69 Å². The molecule has 0 spiro atoms. The number of rotatable bonds is 9. The summed E-state index contributed by atoms with van der Waals surface area (Å²) in [5, 5.41) is 2.85. The Morgan fingerprint density at radius 1 is 1.03 bits per heavy atom. The highest BCUT2D eigenvalue weighted by molar-refractivity contribution is 7.92. The zero-order valence-electron chi connectivity index (χ0n) is 18.1. The zero-order chi connectivity index (χ0) is 23.5. The smallest absolute Gasteiger partial charge is 0.232 e. The Bertz CT molecular complexity index is 1190. The molecule has 0 radical (unpaired) electrons. The molecular formula is C21H26N2O7S2. The number of amides is 1. The van der Waals surface area contributed by atoms with E-state index in [-0.39, 0.29) is 36.6 Å². The number of sulfone groups is 1. The molecule has 0 saturated heterocycles. The van der Waals surface area contributed by atoms with Crippen molar-refractivity contribution in [3.8, 4) is 11.5 Å². The first-order chi connectivity index (χ1) is 14.9. The summed E-state index contributed by atoms with van der Waals surface area (Å²) in [4.78, 5) is 12.6. The molecule has 0 aromatic heterocycles. The first kappa shape index (κ1) is 23.9. The summed E-state index contributed by atoms with van der Waals surface area (Å²) in [6.45, 7) is 2.01. The summed E-state index contributed by atoms with van der Waals surface area (Å²) in [6, 6.07) is 10.9. The van der Waals surface area contributed by atoms with Crippen LogP contribution in [0.5, 0.6) is 11.5 Å². The van der Waals surface area contributed by atoms with Gasteiger partial charge in [-0.1, -0.05) is 12.1 Å². The Hall–Kier alpha value is -2.79. The van der Waals surface area contributed by atoms with Crippen LogP contribution in [-0.2, 0) is 24.7 Å². The van der Waals surface area contributed by atoms with E-state index in [9.17, 15) is 21.6 Å². The molecule has 0 unspecified atom stereocenters. The SMILES string of the molecule is C[C@H](NC(=O)CCCN(c1ccc2c(c1)OCO2)S(C)(=O)=O)c1ccc(S(C)(=O)=O)cc1. The second-order valence-corrected chi connectivity index (χ2v) is 11.5. The summed E-state index contributed by atoms with van der Waals surface area (Å²) >= 11 is 0. The van der Waals surface area contributed by atoms with Crippen LogP contribution < -0.4 is 19.1 Å². The third-order valence-corrected chi connectivity index (χ3v) is 7.32. The number of hydrogen-bond acceptors (Lipinski definition) is 7. The molecule has 2 aromatic rings. The number of ether oxygens (including phenoxy) is 2. The highest BCUT2D eigenvalue weighted by Gasteiger charge is 2.22. The monoisotopic (exact) mass is 482 g/mol. The quantitative estimate of drug-likeness (QED) is 0.582. The highest BCUT2D eigenvalue weighted by Crippen LogP contribution is 2.36. The number of anilines is 1. The zero-order valence-corrected chi connectivity index (χ0v) is 19.7. The molecule has 174 valence electrons. The molecule has 9 nitrogen and oxygen atoms in total. The van der Waals surface area contributed by atoms with Gasteiger partial charge in [-0.15, -0.1) is 0 Å². The molecule has 1 heterocycles. The average Bonchev–Trinajstić information content (AvgIpc) is 3.17. The molecule has 1 N–H and O–H groups in total. The van der Waals surface area contributed by atoms with E-state index in [1.54, 1.807) is 37.3 Å². The fourth-order valence-electron chi connectivity index (χ4n) is 3.31. The molecule has 1 atom stereocenters. The molecule has 2 aromatic carbocycles. The maximum absolute atomic E-state index is 12.4. The molecule has 1 amide bonds. The van der Waals surface area contributed by atoms with Crippen LogP contribution in [0, 0.1) is 0 Å². The Balaban J connectivity index is 1.57. The van der Waals surface area contributed by atoms with E-state index in [1.165, 1.54) is 16.4 Å². The van der Waals surface area contributed by atoms with Crippen LogP contribution in [0.15, 0.2) is 47.4 Å². The van der Waals surface area contributed by atoms with Crippen LogP contribution in [0.25, 0.3) is 0 Å². The van der Waals surface area contributed by atoms with Gasteiger partial charge in [-0.25, -0.2) is 16.8 Å². The van der Waals surface area contributed by atoms with Gasteiger partial charge in [0, 0.05) is 25.3 Å². The minimum Gasteiger partial charge on any atom is -0.454 e. The number of fused-ring (bicyclic) bond motifs is 1. The molecule has 0 fully saturated rings. The molecule has 1 aliphatic rings. The van der Waals surface area contributed by atoms with Crippen molar-refractivity contribution in [1.29, 1.82) is 0 Å². The summed E-state index contributed by atoms with van der Waals surface area (Å²) in [5.74, 6) is 0.800. The van der Waals surface area contributed by atoms with Gasteiger partial charge in [-0.2, -0.15) is 0 Å². The normalized spacial score (nSPS) is 14.1. The second kappa shape index (κ2) is 9.37. The predicted molar refractivity (Wildman–Crippen MR) is 120 cm³/mol. The van der Waals surface area contributed by atoms with E-state index >= 15 is 0 Å². The third-order valence-electron chi connectivity index (χ3n) is 5.00. The summed E-state index contributed by atoms with van der Waals surface area (Å²) in [7, 11) is -6.84. The van der Waals surface area contributed by atoms with Crippen LogP contribution in [0.2, 0.25) is 0 Å².